The van der Waals surface area contributed by atoms with Crippen LogP contribution in [0, 0.1) is 0 Å². The molecule has 5 aromatic rings. The number of carbonyl (C=O) groups excluding carboxylic acids is 2. The third-order valence-electron chi connectivity index (χ3n) is 12.8. The predicted molar refractivity (Wildman–Crippen MR) is 263 cm³/mol. The lowest BCUT2D eigenvalue weighted by molar-refractivity contribution is -0.358. The second-order valence-corrected chi connectivity index (χ2v) is 18.2. The molecule has 424 valence electrons. The third kappa shape index (κ3) is 13.0. The molecule has 0 amide bonds. The summed E-state index contributed by atoms with van der Waals surface area (Å²) in [7, 11) is 1.32. The van der Waals surface area contributed by atoms with Crippen LogP contribution in [-0.4, -0.2) is 208 Å². The van der Waals surface area contributed by atoms with E-state index in [0.717, 1.165) is 48.6 Å². The molecule has 79 heavy (non-hydrogen) atoms. The van der Waals surface area contributed by atoms with Gasteiger partial charge in [0, 0.05) is 30.4 Å². The first-order valence-corrected chi connectivity index (χ1v) is 23.9. The summed E-state index contributed by atoms with van der Waals surface area (Å²) in [5, 5.41) is 159. The van der Waals surface area contributed by atoms with Gasteiger partial charge in [0.05, 0.1) is 25.3 Å². The van der Waals surface area contributed by atoms with Gasteiger partial charge in [-0.3, -0.25) is 0 Å². The average Bonchev–Trinajstić information content (AvgIpc) is 3.43. The monoisotopic (exact) mass is 1110 g/mol. The van der Waals surface area contributed by atoms with Crippen LogP contribution in [0.2, 0.25) is 0 Å². The zero-order valence-corrected chi connectivity index (χ0v) is 41.1. The standard InChI is InChI=1S/C52H54O27/c1-70-33-13-22(3-8-28(33)57)5-11-39(61)71-19-36-41(63)44(66)47(69)51(77-36)79-49-45(67)42(64)37(20-72-38(60)10-4-21-2-7-26(55)29(58)12-21)78-52(49)75-34-17-25-31(73-48(34)23-6-9-27(56)30(59)14-23)15-24(54)16-32(25)74-50-46(68)43(65)40(62)35(18-53)76-50/h2-17,35-37,40-47,49-53,62-69H,18-20H2,1H3,(H5-,54,55,56,57,58,59,60,61)/p+1. The van der Waals surface area contributed by atoms with Crippen LogP contribution in [0.1, 0.15) is 11.1 Å². The van der Waals surface area contributed by atoms with Crippen molar-refractivity contribution in [2.75, 3.05) is 26.9 Å². The quantitative estimate of drug-likeness (QED) is 0.0238. The first-order valence-electron chi connectivity index (χ1n) is 23.9. The van der Waals surface area contributed by atoms with Crippen molar-refractivity contribution in [2.24, 2.45) is 0 Å². The van der Waals surface area contributed by atoms with Gasteiger partial charge in [0.2, 0.25) is 18.3 Å². The smallest absolute Gasteiger partial charge is 0.402 e. The first kappa shape index (κ1) is 57.6. The van der Waals surface area contributed by atoms with Crippen molar-refractivity contribution in [3.05, 3.63) is 96.1 Å². The fourth-order valence-corrected chi connectivity index (χ4v) is 8.44. The van der Waals surface area contributed by atoms with Gasteiger partial charge in [0.15, 0.2) is 46.9 Å². The Morgan fingerprint density at radius 2 is 1.06 bits per heavy atom. The van der Waals surface area contributed by atoms with Crippen LogP contribution >= 0.6 is 0 Å². The number of esters is 2. The average molecular weight is 1110 g/mol. The Bertz CT molecular complexity index is 3040. The lowest BCUT2D eigenvalue weighted by atomic mass is 9.97. The van der Waals surface area contributed by atoms with Gasteiger partial charge in [0.1, 0.15) is 97.2 Å². The number of phenolic OH excluding ortho intramolecular Hbond substituents is 6. The van der Waals surface area contributed by atoms with E-state index in [1.807, 2.05) is 0 Å². The minimum absolute atomic E-state index is 0.0572. The maximum absolute atomic E-state index is 13.0. The van der Waals surface area contributed by atoms with E-state index in [1.165, 1.54) is 55.7 Å². The van der Waals surface area contributed by atoms with E-state index < -0.39 is 158 Å². The molecule has 0 bridgehead atoms. The molecule has 3 fully saturated rings. The maximum Gasteiger partial charge on any atom is 0.402 e. The number of methoxy groups -OCH3 is 1. The van der Waals surface area contributed by atoms with E-state index in [9.17, 15) is 86.2 Å². The summed E-state index contributed by atoms with van der Waals surface area (Å²) < 4.78 is 57.6. The largest absolute Gasteiger partial charge is 0.507 e. The SMILES string of the molecule is COc1cc(/C=C/C(=O)OCC2OC(OC3C(Oc4cc5c(OC6OC(CO)C(O)C(O)C6O)cc(O)cc5[o+]c4-c4ccc(O)c(O)c4)OC(COC(=O)/C=C/c4ccc(O)c(O)c4)C(O)C3O)C(O)C(O)C2O)ccc1O. The number of aliphatic hydroxyl groups excluding tert-OH is 9. The highest BCUT2D eigenvalue weighted by Crippen LogP contribution is 2.44. The molecule has 3 aliphatic rings. The van der Waals surface area contributed by atoms with Crippen LogP contribution in [0.15, 0.2) is 89.4 Å². The van der Waals surface area contributed by atoms with Crippen LogP contribution in [0.5, 0.6) is 51.7 Å². The number of aromatic hydroxyl groups is 6. The van der Waals surface area contributed by atoms with Crippen molar-refractivity contribution in [2.45, 2.75) is 92.1 Å². The number of hydrogen-bond donors (Lipinski definition) is 15. The van der Waals surface area contributed by atoms with Crippen molar-refractivity contribution in [3.63, 3.8) is 0 Å². The molecule has 15 unspecified atom stereocenters. The van der Waals surface area contributed by atoms with Gasteiger partial charge >= 0.3 is 23.3 Å². The molecule has 3 aliphatic heterocycles. The molecule has 27 nitrogen and oxygen atoms in total. The Morgan fingerprint density at radius 3 is 1.67 bits per heavy atom. The number of aliphatic hydroxyl groups is 9. The second kappa shape index (κ2) is 24.6. The molecule has 4 aromatic carbocycles. The van der Waals surface area contributed by atoms with Gasteiger partial charge in [-0.2, -0.15) is 0 Å². The summed E-state index contributed by atoms with van der Waals surface area (Å²) in [6, 6.07) is 14.5. The molecule has 4 heterocycles. The number of ether oxygens (including phenoxy) is 9. The number of hydrogen-bond acceptors (Lipinski definition) is 26. The number of carbonyl (C=O) groups is 2. The lowest BCUT2D eigenvalue weighted by Gasteiger charge is -2.45. The van der Waals surface area contributed by atoms with E-state index >= 15 is 0 Å². The molecule has 0 saturated carbocycles. The van der Waals surface area contributed by atoms with Crippen molar-refractivity contribution in [3.8, 4) is 63.1 Å². The topological polar surface area (TPSA) is 432 Å². The van der Waals surface area contributed by atoms with Crippen LogP contribution < -0.4 is 14.2 Å². The van der Waals surface area contributed by atoms with E-state index in [1.54, 1.807) is 0 Å². The van der Waals surface area contributed by atoms with Crippen molar-refractivity contribution >= 4 is 35.1 Å². The number of rotatable bonds is 17. The molecule has 0 spiro atoms. The number of fused-ring (bicyclic) bond motifs is 1. The molecule has 15 N–H and O–H groups in total. The van der Waals surface area contributed by atoms with E-state index in [0.29, 0.717) is 5.56 Å². The summed E-state index contributed by atoms with van der Waals surface area (Å²) in [4.78, 5) is 25.8. The predicted octanol–water partition coefficient (Wildman–Crippen LogP) is -0.667. The third-order valence-corrected chi connectivity index (χ3v) is 12.8. The minimum atomic E-state index is -2.18. The zero-order valence-electron chi connectivity index (χ0n) is 41.1. The molecule has 27 heteroatoms. The number of phenols is 6. The van der Waals surface area contributed by atoms with Crippen LogP contribution in [0.4, 0.5) is 0 Å². The Labute approximate surface area is 445 Å². The molecule has 1 aromatic heterocycles. The molecule has 8 rings (SSSR count). The molecule has 15 atom stereocenters. The Morgan fingerprint density at radius 1 is 0.532 bits per heavy atom. The Balaban J connectivity index is 1.13. The van der Waals surface area contributed by atoms with Crippen molar-refractivity contribution in [1.29, 1.82) is 0 Å². The van der Waals surface area contributed by atoms with Crippen molar-refractivity contribution < 1.29 is 133 Å². The zero-order chi connectivity index (χ0) is 57.0. The van der Waals surface area contributed by atoms with Gasteiger partial charge < -0.3 is 119 Å². The summed E-state index contributed by atoms with van der Waals surface area (Å²) in [6.07, 6.45) is -24.5. The lowest BCUT2D eigenvalue weighted by Crippen LogP contribution is -2.65. The maximum atomic E-state index is 13.0. The normalized spacial score (nSPS) is 29.1. The molecule has 0 radical (unpaired) electrons. The Kier molecular flexibility index (Phi) is 17.9. The van der Waals surface area contributed by atoms with Crippen LogP contribution in [-0.2, 0) is 38.0 Å². The van der Waals surface area contributed by atoms with E-state index in [4.69, 9.17) is 47.0 Å². The van der Waals surface area contributed by atoms with E-state index in [-0.39, 0.29) is 45.1 Å². The summed E-state index contributed by atoms with van der Waals surface area (Å²) >= 11 is 0. The van der Waals surface area contributed by atoms with Crippen LogP contribution in [0.3, 0.4) is 0 Å². The van der Waals surface area contributed by atoms with Gasteiger partial charge in [0.25, 0.3) is 0 Å². The fraction of sp³-hybridized carbons (Fsp3) is 0.365. The fourth-order valence-electron chi connectivity index (χ4n) is 8.44. The van der Waals surface area contributed by atoms with Gasteiger partial charge in [-0.1, -0.05) is 12.1 Å². The summed E-state index contributed by atoms with van der Waals surface area (Å²) in [5.74, 6) is -5.92. The highest BCUT2D eigenvalue weighted by Gasteiger charge is 2.53. The van der Waals surface area contributed by atoms with Gasteiger partial charge in [-0.15, -0.1) is 0 Å². The van der Waals surface area contributed by atoms with Crippen LogP contribution in [0.25, 0.3) is 34.4 Å². The minimum Gasteiger partial charge on any atom is -0.507 e. The highest BCUT2D eigenvalue weighted by molar-refractivity contribution is 5.89. The molecular weight excluding hydrogens is 1060 g/mol. The van der Waals surface area contributed by atoms with E-state index in [2.05, 4.69) is 0 Å². The second-order valence-electron chi connectivity index (χ2n) is 18.2. The summed E-state index contributed by atoms with van der Waals surface area (Å²) in [5.41, 5.74) is 0.390. The first-order chi connectivity index (χ1) is 37.6. The molecule has 0 aliphatic carbocycles. The molecular formula is C52H55O27+. The Hall–Kier alpha value is -7.61. The highest BCUT2D eigenvalue weighted by atomic mass is 16.8. The molecule has 3 saturated heterocycles. The van der Waals surface area contributed by atoms with Crippen molar-refractivity contribution in [1.82, 2.24) is 0 Å². The van der Waals surface area contributed by atoms with Gasteiger partial charge in [-0.05, 0) is 59.7 Å². The summed E-state index contributed by atoms with van der Waals surface area (Å²) in [6.45, 7) is -2.44. The number of benzene rings is 4. The van der Waals surface area contributed by atoms with Gasteiger partial charge in [-0.25, -0.2) is 14.0 Å².